The average Bonchev–Trinajstić information content (AvgIpc) is 3.02. The Hall–Kier alpha value is -1.37. The zero-order valence-electron chi connectivity index (χ0n) is 11.9. The molecule has 1 aromatic carbocycles. The van der Waals surface area contributed by atoms with Crippen LogP contribution in [-0.2, 0) is 6.18 Å². The van der Waals surface area contributed by atoms with Gasteiger partial charge in [0.05, 0.1) is 11.6 Å². The summed E-state index contributed by atoms with van der Waals surface area (Å²) in [5, 5.41) is 7.39. The first kappa shape index (κ1) is 15.5. The van der Waals surface area contributed by atoms with E-state index >= 15 is 0 Å². The zero-order chi connectivity index (χ0) is 15.6. The molecule has 1 unspecified atom stereocenters. The zero-order valence-corrected chi connectivity index (χ0v) is 12.8. The lowest BCUT2D eigenvalue weighted by atomic mass is 9.97. The summed E-state index contributed by atoms with van der Waals surface area (Å²) in [6.45, 7) is 3.59. The van der Waals surface area contributed by atoms with Crippen molar-refractivity contribution >= 4 is 11.3 Å². The summed E-state index contributed by atoms with van der Waals surface area (Å²) in [5.41, 5.74) is 1.46. The summed E-state index contributed by atoms with van der Waals surface area (Å²) in [6.07, 6.45) is -4.29. The van der Waals surface area contributed by atoms with Crippen molar-refractivity contribution in [2.75, 3.05) is 26.2 Å². The molecule has 1 N–H and O–H groups in total. The molecule has 1 fully saturated rings. The van der Waals surface area contributed by atoms with E-state index in [2.05, 4.69) is 21.7 Å². The lowest BCUT2D eigenvalue weighted by Gasteiger charge is -2.35. The maximum Gasteiger partial charge on any atom is 0.416 e. The van der Waals surface area contributed by atoms with Gasteiger partial charge in [-0.25, -0.2) is 0 Å². The normalized spacial score (nSPS) is 18.3. The highest BCUT2D eigenvalue weighted by atomic mass is 32.1. The molecule has 22 heavy (non-hydrogen) atoms. The van der Waals surface area contributed by atoms with Gasteiger partial charge in [0, 0.05) is 26.2 Å². The van der Waals surface area contributed by atoms with Gasteiger partial charge < -0.3 is 5.32 Å². The van der Waals surface area contributed by atoms with Gasteiger partial charge in [-0.05, 0) is 40.1 Å². The molecule has 2 nitrogen and oxygen atoms in total. The average molecular weight is 326 g/mol. The van der Waals surface area contributed by atoms with Gasteiger partial charge in [0.25, 0.3) is 0 Å². The van der Waals surface area contributed by atoms with Crippen molar-refractivity contribution < 1.29 is 13.2 Å². The van der Waals surface area contributed by atoms with E-state index in [0.717, 1.165) is 37.3 Å². The highest BCUT2D eigenvalue weighted by Gasteiger charge is 2.31. The fourth-order valence-corrected chi connectivity index (χ4v) is 3.52. The highest BCUT2D eigenvalue weighted by Crippen LogP contribution is 2.34. The molecule has 6 heteroatoms. The Balaban J connectivity index is 1.92. The van der Waals surface area contributed by atoms with Crippen LogP contribution < -0.4 is 5.32 Å². The molecule has 0 radical (unpaired) electrons. The maximum atomic E-state index is 12.7. The Morgan fingerprint density at radius 2 is 1.68 bits per heavy atom. The van der Waals surface area contributed by atoms with Gasteiger partial charge in [0.1, 0.15) is 0 Å². The molecule has 3 rings (SSSR count). The Morgan fingerprint density at radius 1 is 1.00 bits per heavy atom. The van der Waals surface area contributed by atoms with Gasteiger partial charge in [0.15, 0.2) is 0 Å². The smallest absolute Gasteiger partial charge is 0.314 e. The monoisotopic (exact) mass is 326 g/mol. The van der Waals surface area contributed by atoms with Crippen LogP contribution >= 0.6 is 11.3 Å². The van der Waals surface area contributed by atoms with Crippen molar-refractivity contribution in [1.82, 2.24) is 10.2 Å². The molecule has 1 aromatic heterocycles. The van der Waals surface area contributed by atoms with E-state index in [4.69, 9.17) is 0 Å². The lowest BCUT2D eigenvalue weighted by molar-refractivity contribution is -0.137. The standard InChI is InChI=1S/C16H17F3N2S/c17-16(18,19)14-3-1-12(2-4-14)15(13-5-10-22-11-13)21-8-6-20-7-9-21/h1-5,10-11,15,20H,6-9H2. The van der Waals surface area contributed by atoms with E-state index in [1.54, 1.807) is 23.5 Å². The van der Waals surface area contributed by atoms with Crippen LogP contribution in [0.3, 0.4) is 0 Å². The molecule has 0 spiro atoms. The van der Waals surface area contributed by atoms with Crippen LogP contribution in [0.15, 0.2) is 41.1 Å². The number of halogens is 3. The molecule has 1 atom stereocenters. The molecule has 0 amide bonds. The van der Waals surface area contributed by atoms with Crippen LogP contribution in [0, 0.1) is 0 Å². The summed E-state index contributed by atoms with van der Waals surface area (Å²) in [6, 6.07) is 7.64. The van der Waals surface area contributed by atoms with Crippen molar-refractivity contribution in [2.24, 2.45) is 0 Å². The van der Waals surface area contributed by atoms with Gasteiger partial charge in [-0.15, -0.1) is 0 Å². The van der Waals surface area contributed by atoms with Gasteiger partial charge in [0.2, 0.25) is 0 Å². The largest absolute Gasteiger partial charge is 0.416 e. The summed E-state index contributed by atoms with van der Waals surface area (Å²) >= 11 is 1.61. The molecule has 0 bridgehead atoms. The summed E-state index contributed by atoms with van der Waals surface area (Å²) in [7, 11) is 0. The van der Waals surface area contributed by atoms with E-state index in [1.165, 1.54) is 12.1 Å². The van der Waals surface area contributed by atoms with E-state index in [1.807, 2.05) is 5.38 Å². The number of benzene rings is 1. The van der Waals surface area contributed by atoms with Crippen LogP contribution in [0.2, 0.25) is 0 Å². The van der Waals surface area contributed by atoms with Gasteiger partial charge in [-0.3, -0.25) is 4.90 Å². The molecule has 118 valence electrons. The molecule has 0 aliphatic carbocycles. The number of nitrogens with one attached hydrogen (secondary N) is 1. The second-order valence-corrected chi connectivity index (χ2v) is 6.14. The summed E-state index contributed by atoms with van der Waals surface area (Å²) in [5.74, 6) is 0. The van der Waals surface area contributed by atoms with Crippen molar-refractivity contribution in [2.45, 2.75) is 12.2 Å². The minimum absolute atomic E-state index is 0.0237. The topological polar surface area (TPSA) is 15.3 Å². The van der Waals surface area contributed by atoms with E-state index < -0.39 is 11.7 Å². The molecule has 1 saturated heterocycles. The molecule has 0 saturated carbocycles. The number of hydrogen-bond donors (Lipinski definition) is 1. The lowest BCUT2D eigenvalue weighted by Crippen LogP contribution is -2.45. The van der Waals surface area contributed by atoms with E-state index in [9.17, 15) is 13.2 Å². The first-order valence-corrected chi connectivity index (χ1v) is 8.14. The molecule has 2 aromatic rings. The third kappa shape index (κ3) is 3.34. The number of nitrogens with zero attached hydrogens (tertiary/aromatic N) is 1. The number of rotatable bonds is 3. The quantitative estimate of drug-likeness (QED) is 0.924. The second-order valence-electron chi connectivity index (χ2n) is 5.36. The van der Waals surface area contributed by atoms with Crippen molar-refractivity contribution in [1.29, 1.82) is 0 Å². The van der Waals surface area contributed by atoms with Crippen molar-refractivity contribution in [3.8, 4) is 0 Å². The van der Waals surface area contributed by atoms with E-state index in [0.29, 0.717) is 0 Å². The summed E-state index contributed by atoms with van der Waals surface area (Å²) in [4.78, 5) is 2.32. The Bertz CT molecular complexity index is 587. The van der Waals surface area contributed by atoms with Crippen molar-refractivity contribution in [3.05, 3.63) is 57.8 Å². The van der Waals surface area contributed by atoms with Gasteiger partial charge >= 0.3 is 6.18 Å². The Kier molecular flexibility index (Phi) is 4.52. The van der Waals surface area contributed by atoms with Crippen LogP contribution in [0.4, 0.5) is 13.2 Å². The van der Waals surface area contributed by atoms with E-state index in [-0.39, 0.29) is 6.04 Å². The first-order valence-electron chi connectivity index (χ1n) is 7.20. The Morgan fingerprint density at radius 3 is 2.23 bits per heavy atom. The highest BCUT2D eigenvalue weighted by molar-refractivity contribution is 7.08. The third-order valence-corrected chi connectivity index (χ3v) is 4.63. The van der Waals surface area contributed by atoms with Gasteiger partial charge in [-0.1, -0.05) is 12.1 Å². The molecule has 2 heterocycles. The van der Waals surface area contributed by atoms with Crippen LogP contribution in [0.1, 0.15) is 22.7 Å². The van der Waals surface area contributed by atoms with Gasteiger partial charge in [-0.2, -0.15) is 24.5 Å². The molecular formula is C16H17F3N2S. The number of hydrogen-bond acceptors (Lipinski definition) is 3. The van der Waals surface area contributed by atoms with Crippen LogP contribution in [0.25, 0.3) is 0 Å². The molecular weight excluding hydrogens is 309 g/mol. The predicted octanol–water partition coefficient (Wildman–Crippen LogP) is 3.76. The minimum Gasteiger partial charge on any atom is -0.314 e. The maximum absolute atomic E-state index is 12.7. The SMILES string of the molecule is FC(F)(F)c1ccc(C(c2ccsc2)N2CCNCC2)cc1. The molecule has 1 aliphatic rings. The third-order valence-electron chi connectivity index (χ3n) is 3.93. The predicted molar refractivity (Wildman–Crippen MR) is 82.0 cm³/mol. The van der Waals surface area contributed by atoms with Crippen LogP contribution in [-0.4, -0.2) is 31.1 Å². The van der Waals surface area contributed by atoms with Crippen LogP contribution in [0.5, 0.6) is 0 Å². The molecule has 1 aliphatic heterocycles. The number of piperazine rings is 1. The summed E-state index contributed by atoms with van der Waals surface area (Å²) < 4.78 is 38.2. The van der Waals surface area contributed by atoms with Crippen molar-refractivity contribution in [3.63, 3.8) is 0 Å². The number of thiophene rings is 1. The fraction of sp³-hybridized carbons (Fsp3) is 0.375. The fourth-order valence-electron chi connectivity index (χ4n) is 2.84. The first-order chi connectivity index (χ1) is 10.6. The Labute approximate surface area is 131 Å². The number of alkyl halides is 3. The second kappa shape index (κ2) is 6.40. The minimum atomic E-state index is -4.29.